The number of thiazole rings is 1. The summed E-state index contributed by atoms with van der Waals surface area (Å²) in [6.07, 6.45) is 0. The molecule has 76 valence electrons. The zero-order valence-corrected chi connectivity index (χ0v) is 8.53. The van der Waals surface area contributed by atoms with E-state index in [1.54, 1.807) is 29.6 Å². The smallest absolute Gasteiger partial charge is 0.344 e. The summed E-state index contributed by atoms with van der Waals surface area (Å²) < 4.78 is 5.00. The fourth-order valence-electron chi connectivity index (χ4n) is 1.05. The van der Waals surface area contributed by atoms with Crippen LogP contribution in [0.2, 0.25) is 0 Å². The number of hydrogen-bond donors (Lipinski definition) is 1. The maximum absolute atomic E-state index is 11.5. The second kappa shape index (κ2) is 4.10. The van der Waals surface area contributed by atoms with Gasteiger partial charge in [-0.15, -0.1) is 11.3 Å². The third-order valence-corrected chi connectivity index (χ3v) is 2.36. The number of carbonyl (C=O) groups is 1. The van der Waals surface area contributed by atoms with Gasteiger partial charge in [-0.2, -0.15) is 4.98 Å². The average Bonchev–Trinajstić information content (AvgIpc) is 2.65. The lowest BCUT2D eigenvalue weighted by atomic mass is 10.2. The van der Waals surface area contributed by atoms with Gasteiger partial charge in [0, 0.05) is 0 Å². The van der Waals surface area contributed by atoms with Crippen LogP contribution in [0.1, 0.15) is 10.4 Å². The summed E-state index contributed by atoms with van der Waals surface area (Å²) >= 11 is 1.23. The van der Waals surface area contributed by atoms with Gasteiger partial charge in [0.2, 0.25) is 5.88 Å². The van der Waals surface area contributed by atoms with E-state index in [1.165, 1.54) is 11.3 Å². The highest BCUT2D eigenvalue weighted by atomic mass is 32.1. The fraction of sp³-hybridized carbons (Fsp3) is 0. The normalized spacial score (nSPS) is 9.87. The first-order valence-electron chi connectivity index (χ1n) is 4.24. The van der Waals surface area contributed by atoms with Gasteiger partial charge in [0.25, 0.3) is 0 Å². The van der Waals surface area contributed by atoms with Gasteiger partial charge < -0.3 is 10.5 Å². The van der Waals surface area contributed by atoms with Crippen LogP contribution in [0.5, 0.6) is 5.88 Å². The summed E-state index contributed by atoms with van der Waals surface area (Å²) in [4.78, 5) is 15.4. The Morgan fingerprint density at radius 3 is 2.67 bits per heavy atom. The van der Waals surface area contributed by atoms with E-state index in [-0.39, 0.29) is 5.88 Å². The number of rotatable bonds is 2. The highest BCUT2D eigenvalue weighted by molar-refractivity contribution is 7.13. The molecule has 0 spiro atoms. The largest absolute Gasteiger partial charge is 0.403 e. The van der Waals surface area contributed by atoms with Crippen LogP contribution < -0.4 is 10.5 Å². The summed E-state index contributed by atoms with van der Waals surface area (Å²) in [5, 5.41) is 1.97. The van der Waals surface area contributed by atoms with Crippen LogP contribution in [0.25, 0.3) is 0 Å². The van der Waals surface area contributed by atoms with Gasteiger partial charge in [0.05, 0.1) is 10.9 Å². The highest BCUT2D eigenvalue weighted by Gasteiger charge is 2.09. The lowest BCUT2D eigenvalue weighted by molar-refractivity contribution is 0.0729. The second-order valence-corrected chi connectivity index (χ2v) is 3.67. The number of nitrogens with two attached hydrogens (primary N) is 1. The molecule has 0 radical (unpaired) electrons. The molecule has 0 amide bonds. The number of aromatic nitrogens is 1. The van der Waals surface area contributed by atoms with Crippen LogP contribution in [0.3, 0.4) is 0 Å². The Bertz CT molecular complexity index is 467. The van der Waals surface area contributed by atoms with E-state index in [2.05, 4.69) is 4.98 Å². The van der Waals surface area contributed by atoms with Crippen molar-refractivity contribution < 1.29 is 9.53 Å². The van der Waals surface area contributed by atoms with Crippen LogP contribution >= 0.6 is 11.3 Å². The molecule has 0 aliphatic rings. The van der Waals surface area contributed by atoms with E-state index in [0.717, 1.165) is 0 Å². The Hall–Kier alpha value is -1.88. The predicted molar refractivity (Wildman–Crippen MR) is 57.9 cm³/mol. The molecule has 0 bridgehead atoms. The third-order valence-electron chi connectivity index (χ3n) is 1.71. The Labute approximate surface area is 90.3 Å². The first kappa shape index (κ1) is 9.67. The van der Waals surface area contributed by atoms with Gasteiger partial charge in [0.1, 0.15) is 0 Å². The quantitative estimate of drug-likeness (QED) is 0.785. The summed E-state index contributed by atoms with van der Waals surface area (Å²) in [5.74, 6) is -0.188. The number of esters is 1. The number of benzene rings is 1. The molecule has 15 heavy (non-hydrogen) atoms. The topological polar surface area (TPSA) is 65.2 Å². The van der Waals surface area contributed by atoms with E-state index in [4.69, 9.17) is 10.5 Å². The van der Waals surface area contributed by atoms with Crippen molar-refractivity contribution >= 4 is 22.4 Å². The maximum atomic E-state index is 11.5. The number of carbonyl (C=O) groups excluding carboxylic acids is 1. The van der Waals surface area contributed by atoms with Gasteiger partial charge >= 0.3 is 5.97 Å². The molecule has 0 aliphatic carbocycles. The highest BCUT2D eigenvalue weighted by Crippen LogP contribution is 2.18. The molecular formula is C10H8N2O2S. The lowest BCUT2D eigenvalue weighted by Gasteiger charge is -1.99. The molecule has 0 atom stereocenters. The maximum Gasteiger partial charge on any atom is 0.344 e. The fourth-order valence-corrected chi connectivity index (χ4v) is 1.51. The molecule has 0 aliphatic heterocycles. The molecule has 2 N–H and O–H groups in total. The third kappa shape index (κ3) is 2.32. The van der Waals surface area contributed by atoms with Crippen molar-refractivity contribution in [3.05, 3.63) is 41.3 Å². The van der Waals surface area contributed by atoms with Crippen LogP contribution in [0.4, 0.5) is 5.13 Å². The molecule has 0 unspecified atom stereocenters. The van der Waals surface area contributed by atoms with Crippen molar-refractivity contribution in [2.45, 2.75) is 0 Å². The second-order valence-electron chi connectivity index (χ2n) is 2.78. The van der Waals surface area contributed by atoms with Crippen LogP contribution in [0.15, 0.2) is 35.7 Å². The van der Waals surface area contributed by atoms with Crippen LogP contribution in [-0.2, 0) is 0 Å². The minimum Gasteiger partial charge on any atom is -0.403 e. The molecule has 1 heterocycles. The molecule has 2 aromatic rings. The van der Waals surface area contributed by atoms with Gasteiger partial charge in [0.15, 0.2) is 5.13 Å². The minimum absolute atomic E-state index is 0.242. The molecule has 0 saturated carbocycles. The van der Waals surface area contributed by atoms with E-state index in [1.807, 2.05) is 6.07 Å². The lowest BCUT2D eigenvalue weighted by Crippen LogP contribution is -2.08. The number of anilines is 1. The first-order chi connectivity index (χ1) is 7.25. The summed E-state index contributed by atoms with van der Waals surface area (Å²) in [7, 11) is 0. The summed E-state index contributed by atoms with van der Waals surface area (Å²) in [5.41, 5.74) is 5.90. The van der Waals surface area contributed by atoms with Crippen molar-refractivity contribution in [1.29, 1.82) is 0 Å². The Kier molecular flexibility index (Phi) is 2.64. The molecule has 4 nitrogen and oxygen atoms in total. The number of nitrogens with zero attached hydrogens (tertiary/aromatic N) is 1. The van der Waals surface area contributed by atoms with Crippen molar-refractivity contribution in [2.24, 2.45) is 0 Å². The molecule has 0 fully saturated rings. The first-order valence-corrected chi connectivity index (χ1v) is 5.12. The number of hydrogen-bond acceptors (Lipinski definition) is 5. The van der Waals surface area contributed by atoms with E-state index < -0.39 is 5.97 Å². The van der Waals surface area contributed by atoms with Crippen molar-refractivity contribution in [1.82, 2.24) is 4.98 Å². The van der Waals surface area contributed by atoms with Gasteiger partial charge in [-0.25, -0.2) is 4.79 Å². The van der Waals surface area contributed by atoms with Gasteiger partial charge in [-0.3, -0.25) is 0 Å². The predicted octanol–water partition coefficient (Wildman–Crippen LogP) is 1.94. The molecule has 0 saturated heterocycles. The van der Waals surface area contributed by atoms with E-state index >= 15 is 0 Å². The van der Waals surface area contributed by atoms with E-state index in [9.17, 15) is 4.79 Å². The zero-order valence-electron chi connectivity index (χ0n) is 7.71. The standard InChI is InChI=1S/C10H8N2O2S/c11-10-12-8(6-15-10)14-9(13)7-4-2-1-3-5-7/h1-6H,(H2,11,12). The zero-order chi connectivity index (χ0) is 10.7. The minimum atomic E-state index is -0.430. The molecule has 5 heteroatoms. The Morgan fingerprint density at radius 2 is 2.07 bits per heavy atom. The van der Waals surface area contributed by atoms with Gasteiger partial charge in [-0.1, -0.05) is 18.2 Å². The summed E-state index contributed by atoms with van der Waals surface area (Å²) in [6.45, 7) is 0. The summed E-state index contributed by atoms with van der Waals surface area (Å²) in [6, 6.07) is 8.73. The monoisotopic (exact) mass is 220 g/mol. The Morgan fingerprint density at radius 1 is 1.33 bits per heavy atom. The van der Waals surface area contributed by atoms with Gasteiger partial charge in [-0.05, 0) is 12.1 Å². The molecular weight excluding hydrogens is 212 g/mol. The van der Waals surface area contributed by atoms with Crippen molar-refractivity contribution in [3.63, 3.8) is 0 Å². The van der Waals surface area contributed by atoms with E-state index in [0.29, 0.717) is 10.7 Å². The SMILES string of the molecule is Nc1nc(OC(=O)c2ccccc2)cs1. The van der Waals surface area contributed by atoms with Crippen LogP contribution in [-0.4, -0.2) is 11.0 Å². The molecule has 1 aromatic carbocycles. The number of ether oxygens (including phenoxy) is 1. The number of nitrogen functional groups attached to an aromatic ring is 1. The molecule has 2 rings (SSSR count). The van der Waals surface area contributed by atoms with Crippen molar-refractivity contribution in [3.8, 4) is 5.88 Å². The average molecular weight is 220 g/mol. The van der Waals surface area contributed by atoms with Crippen LogP contribution in [0, 0.1) is 0 Å². The Balaban J connectivity index is 2.11. The molecule has 1 aromatic heterocycles. The van der Waals surface area contributed by atoms with Crippen molar-refractivity contribution in [2.75, 3.05) is 5.73 Å².